The van der Waals surface area contributed by atoms with Gasteiger partial charge in [-0.3, -0.25) is 4.90 Å². The number of carbonyl (C=O) groups is 1. The maximum atomic E-state index is 11.3. The lowest BCUT2D eigenvalue weighted by Crippen LogP contribution is -2.27. The van der Waals surface area contributed by atoms with E-state index in [1.165, 1.54) is 27.8 Å². The van der Waals surface area contributed by atoms with Crippen LogP contribution in [0.15, 0.2) is 103 Å². The molecule has 0 aliphatic carbocycles. The second-order valence-corrected chi connectivity index (χ2v) is 12.7. The van der Waals surface area contributed by atoms with Gasteiger partial charge in [-0.05, 0) is 90.2 Å². The molecule has 0 aliphatic heterocycles. The molecule has 0 aromatic heterocycles. The van der Waals surface area contributed by atoms with Gasteiger partial charge in [-0.15, -0.1) is 0 Å². The Balaban J connectivity index is 0.00000121. The molecule has 262 valence electrons. The SMILES string of the molecule is C=C(O)CCCCN(CCc1cc(C)ccc1OCc1ccc(-c2ccc(C(C)C)cc2)cc1)Cc1ccc(C(=O)O)cc1.CC(F)(F)F. The molecular formula is C41H48F3NO4. The normalized spacial score (nSPS) is 11.3. The van der Waals surface area contributed by atoms with Crippen molar-refractivity contribution in [2.75, 3.05) is 13.1 Å². The molecule has 0 amide bonds. The third-order valence-corrected chi connectivity index (χ3v) is 7.97. The van der Waals surface area contributed by atoms with Gasteiger partial charge in [-0.1, -0.05) is 98.8 Å². The Morgan fingerprint density at radius 2 is 1.41 bits per heavy atom. The molecule has 0 saturated carbocycles. The Morgan fingerprint density at radius 1 is 0.837 bits per heavy atom. The van der Waals surface area contributed by atoms with Crippen LogP contribution in [0.3, 0.4) is 0 Å². The lowest BCUT2D eigenvalue weighted by atomic mass is 9.98. The molecule has 8 heteroatoms. The fraction of sp³-hybridized carbons (Fsp3) is 0.341. The quantitative estimate of drug-likeness (QED) is 0.0914. The summed E-state index contributed by atoms with van der Waals surface area (Å²) in [7, 11) is 0. The Labute approximate surface area is 288 Å². The van der Waals surface area contributed by atoms with Crippen LogP contribution in [0.2, 0.25) is 0 Å². The first-order chi connectivity index (χ1) is 23.2. The van der Waals surface area contributed by atoms with E-state index in [0.29, 0.717) is 31.1 Å². The van der Waals surface area contributed by atoms with E-state index in [0.717, 1.165) is 49.2 Å². The standard InChI is InChI=1S/C39H45NO4.C2H3F3/c1-28(2)33-17-19-35(20-18-33)34-13-11-32(12-14-34)27-44-38-21-8-29(3)25-37(38)22-24-40(23-6-5-7-30(4)41)26-31-9-15-36(16-10-31)39(42)43;1-2(3,4)5/h8-21,25,28,41H,4-7,22-24,26-27H2,1-3H3,(H,42,43);1H3. The zero-order chi connectivity index (χ0) is 36.0. The number of carboxylic acids is 1. The molecule has 0 unspecified atom stereocenters. The zero-order valence-electron chi connectivity index (χ0n) is 28.9. The highest BCUT2D eigenvalue weighted by Crippen LogP contribution is 2.26. The van der Waals surface area contributed by atoms with E-state index in [2.05, 4.69) is 99.0 Å². The number of hydrogen-bond acceptors (Lipinski definition) is 4. The number of aliphatic hydroxyl groups excluding tert-OH is 1. The first-order valence-corrected chi connectivity index (χ1v) is 16.6. The van der Waals surface area contributed by atoms with Gasteiger partial charge in [-0.2, -0.15) is 13.2 Å². The molecule has 0 atom stereocenters. The van der Waals surface area contributed by atoms with Crippen molar-refractivity contribution in [3.8, 4) is 16.9 Å². The number of aliphatic hydroxyl groups is 1. The van der Waals surface area contributed by atoms with Crippen molar-refractivity contribution >= 4 is 5.97 Å². The van der Waals surface area contributed by atoms with Crippen LogP contribution >= 0.6 is 0 Å². The van der Waals surface area contributed by atoms with Gasteiger partial charge in [0.1, 0.15) is 12.4 Å². The number of unbranched alkanes of at least 4 members (excludes halogenated alkanes) is 1. The molecule has 0 bridgehead atoms. The highest BCUT2D eigenvalue weighted by Gasteiger charge is 2.16. The smallest absolute Gasteiger partial charge is 0.386 e. The summed E-state index contributed by atoms with van der Waals surface area (Å²) in [6.45, 7) is 13.2. The summed E-state index contributed by atoms with van der Waals surface area (Å²) >= 11 is 0. The van der Waals surface area contributed by atoms with Crippen molar-refractivity contribution < 1.29 is 32.9 Å². The molecule has 0 spiro atoms. The maximum Gasteiger partial charge on any atom is 0.386 e. The van der Waals surface area contributed by atoms with E-state index in [1.807, 2.05) is 12.1 Å². The predicted octanol–water partition coefficient (Wildman–Crippen LogP) is 10.9. The van der Waals surface area contributed by atoms with Crippen molar-refractivity contribution in [1.29, 1.82) is 0 Å². The van der Waals surface area contributed by atoms with Crippen molar-refractivity contribution in [2.45, 2.75) is 78.6 Å². The Bertz CT molecular complexity index is 1610. The molecule has 0 fully saturated rings. The molecule has 0 aliphatic rings. The van der Waals surface area contributed by atoms with Gasteiger partial charge in [0, 0.05) is 26.4 Å². The van der Waals surface area contributed by atoms with Crippen molar-refractivity contribution in [1.82, 2.24) is 4.90 Å². The molecule has 4 aromatic carbocycles. The third-order valence-electron chi connectivity index (χ3n) is 7.97. The monoisotopic (exact) mass is 675 g/mol. The second kappa shape index (κ2) is 18.8. The van der Waals surface area contributed by atoms with Gasteiger partial charge < -0.3 is 14.9 Å². The molecule has 4 rings (SSSR count). The average Bonchev–Trinajstić information content (AvgIpc) is 3.04. The Kier molecular flexibility index (Phi) is 15.0. The number of rotatable bonds is 16. The van der Waals surface area contributed by atoms with Crippen LogP contribution < -0.4 is 4.74 Å². The van der Waals surface area contributed by atoms with E-state index in [9.17, 15) is 28.2 Å². The van der Waals surface area contributed by atoms with E-state index >= 15 is 0 Å². The molecule has 49 heavy (non-hydrogen) atoms. The number of alkyl halides is 3. The van der Waals surface area contributed by atoms with Crippen LogP contribution in [-0.2, 0) is 19.6 Å². The summed E-state index contributed by atoms with van der Waals surface area (Å²) in [4.78, 5) is 13.7. The lowest BCUT2D eigenvalue weighted by Gasteiger charge is -2.23. The molecule has 0 radical (unpaired) electrons. The lowest BCUT2D eigenvalue weighted by molar-refractivity contribution is -0.110. The summed E-state index contributed by atoms with van der Waals surface area (Å²) in [5, 5.41) is 18.7. The number of aryl methyl sites for hydroxylation is 1. The van der Waals surface area contributed by atoms with Crippen molar-refractivity contribution in [3.05, 3.63) is 137 Å². The predicted molar refractivity (Wildman–Crippen MR) is 191 cm³/mol. The van der Waals surface area contributed by atoms with Crippen LogP contribution in [0, 0.1) is 6.92 Å². The van der Waals surface area contributed by atoms with Crippen LogP contribution in [0.25, 0.3) is 11.1 Å². The summed E-state index contributed by atoms with van der Waals surface area (Å²) in [5.41, 5.74) is 8.60. The summed E-state index contributed by atoms with van der Waals surface area (Å²) in [6.07, 6.45) is -0.781. The van der Waals surface area contributed by atoms with Gasteiger partial charge in [0.25, 0.3) is 0 Å². The van der Waals surface area contributed by atoms with Gasteiger partial charge in [0.2, 0.25) is 0 Å². The molecule has 0 saturated heterocycles. The van der Waals surface area contributed by atoms with E-state index < -0.39 is 12.1 Å². The highest BCUT2D eigenvalue weighted by atomic mass is 19.4. The molecule has 2 N–H and O–H groups in total. The second-order valence-electron chi connectivity index (χ2n) is 12.7. The molecule has 4 aromatic rings. The van der Waals surface area contributed by atoms with E-state index in [1.54, 1.807) is 12.1 Å². The number of aromatic carboxylic acids is 1. The third kappa shape index (κ3) is 14.6. The first kappa shape index (κ1) is 38.9. The molecular weight excluding hydrogens is 627 g/mol. The van der Waals surface area contributed by atoms with Crippen LogP contribution in [0.4, 0.5) is 13.2 Å². The number of ether oxygens (including phenoxy) is 1. The summed E-state index contributed by atoms with van der Waals surface area (Å²) in [6, 6.07) is 30.8. The van der Waals surface area contributed by atoms with Crippen LogP contribution in [0.5, 0.6) is 5.75 Å². The number of carboxylic acid groups (broad SMARTS) is 1. The molecule has 5 nitrogen and oxygen atoms in total. The van der Waals surface area contributed by atoms with Crippen LogP contribution in [0.1, 0.15) is 84.1 Å². The molecule has 0 heterocycles. The van der Waals surface area contributed by atoms with E-state index in [4.69, 9.17) is 4.74 Å². The van der Waals surface area contributed by atoms with Gasteiger partial charge in [-0.25, -0.2) is 4.79 Å². The first-order valence-electron chi connectivity index (χ1n) is 16.6. The van der Waals surface area contributed by atoms with Crippen LogP contribution in [-0.4, -0.2) is 40.3 Å². The van der Waals surface area contributed by atoms with Gasteiger partial charge in [0.15, 0.2) is 0 Å². The maximum absolute atomic E-state index is 11.3. The fourth-order valence-electron chi connectivity index (χ4n) is 5.28. The number of allylic oxidation sites excluding steroid dienone is 1. The number of halogens is 3. The number of hydrogen-bond donors (Lipinski definition) is 2. The summed E-state index contributed by atoms with van der Waals surface area (Å²) in [5.74, 6) is 0.717. The topological polar surface area (TPSA) is 70.0 Å². The number of nitrogens with zero attached hydrogens (tertiary/aromatic N) is 1. The summed E-state index contributed by atoms with van der Waals surface area (Å²) < 4.78 is 37.4. The van der Waals surface area contributed by atoms with Crippen molar-refractivity contribution in [3.63, 3.8) is 0 Å². The minimum absolute atomic E-state index is 0.188. The minimum atomic E-state index is -4.00. The number of benzene rings is 4. The van der Waals surface area contributed by atoms with Crippen molar-refractivity contribution in [2.24, 2.45) is 0 Å². The minimum Gasteiger partial charge on any atom is -0.513 e. The Hall–Kier alpha value is -4.56. The largest absolute Gasteiger partial charge is 0.513 e. The Morgan fingerprint density at radius 3 is 1.96 bits per heavy atom. The highest BCUT2D eigenvalue weighted by molar-refractivity contribution is 5.87. The zero-order valence-corrected chi connectivity index (χ0v) is 28.9. The van der Waals surface area contributed by atoms with Gasteiger partial charge in [0.05, 0.1) is 11.3 Å². The average molecular weight is 676 g/mol. The fourth-order valence-corrected chi connectivity index (χ4v) is 5.28. The van der Waals surface area contributed by atoms with Gasteiger partial charge >= 0.3 is 12.1 Å². The van der Waals surface area contributed by atoms with E-state index in [-0.39, 0.29) is 12.7 Å².